The van der Waals surface area contributed by atoms with Crippen molar-refractivity contribution in [3.63, 3.8) is 0 Å². The van der Waals surface area contributed by atoms with Crippen LogP contribution in [0.25, 0.3) is 11.1 Å². The van der Waals surface area contributed by atoms with Crippen molar-refractivity contribution in [1.82, 2.24) is 14.7 Å². The van der Waals surface area contributed by atoms with Crippen LogP contribution < -0.4 is 9.47 Å². The highest BCUT2D eigenvalue weighted by Gasteiger charge is 2.30. The zero-order valence-corrected chi connectivity index (χ0v) is 68.7. The summed E-state index contributed by atoms with van der Waals surface area (Å²) in [6, 6.07) is 73.8. The molecule has 0 heterocycles. The Labute approximate surface area is 685 Å². The van der Waals surface area contributed by atoms with Crippen LogP contribution in [-0.4, -0.2) is 94.2 Å². The molecule has 0 saturated heterocycles. The third-order valence-electron chi connectivity index (χ3n) is 21.5. The molecule has 2 aliphatic rings. The molecule has 0 aromatic heterocycles. The van der Waals surface area contributed by atoms with Gasteiger partial charge in [-0.15, -0.1) is 0 Å². The Morgan fingerprint density at radius 1 is 0.422 bits per heavy atom. The number of amides is 3. The van der Waals surface area contributed by atoms with E-state index in [1.54, 1.807) is 47.0 Å². The van der Waals surface area contributed by atoms with E-state index in [4.69, 9.17) is 18.9 Å². The minimum Gasteiger partial charge on any atom is -0.508 e. The fraction of sp³-hybridized carbons (Fsp3) is 0.307. The van der Waals surface area contributed by atoms with Crippen molar-refractivity contribution in [1.29, 1.82) is 0 Å². The normalized spacial score (nSPS) is 13.0. The Balaban J connectivity index is 0.000000187. The molecule has 0 aliphatic heterocycles. The van der Waals surface area contributed by atoms with Gasteiger partial charge in [0.2, 0.25) is 0 Å². The van der Waals surface area contributed by atoms with Crippen LogP contribution in [0.5, 0.6) is 23.0 Å². The number of hydrogen-bond acceptors (Lipinski definition) is 12. The third kappa shape index (κ3) is 24.5. The summed E-state index contributed by atoms with van der Waals surface area (Å²) in [7, 11) is 5.29. The Kier molecular flexibility index (Phi) is 31.5. The van der Waals surface area contributed by atoms with Crippen molar-refractivity contribution in [2.24, 2.45) is 0 Å². The van der Waals surface area contributed by atoms with Gasteiger partial charge in [0.05, 0.1) is 17.4 Å². The van der Waals surface area contributed by atoms with Gasteiger partial charge in [-0.25, -0.2) is 0 Å². The van der Waals surface area contributed by atoms with E-state index < -0.39 is 0 Å². The number of aldehydes is 1. The number of aromatic hydroxyl groups is 2. The first-order chi connectivity index (χ1) is 55.9. The molecule has 2 N–H and O–H groups in total. The van der Waals surface area contributed by atoms with E-state index in [2.05, 4.69) is 31.4 Å². The van der Waals surface area contributed by atoms with Crippen LogP contribution in [0.15, 0.2) is 244 Å². The first-order valence-electron chi connectivity index (χ1n) is 40.4. The number of ether oxygens (including phenoxy) is 4. The van der Waals surface area contributed by atoms with Crippen LogP contribution in [0.3, 0.4) is 0 Å². The van der Waals surface area contributed by atoms with E-state index in [9.17, 15) is 39.0 Å². The molecule has 10 aromatic carbocycles. The van der Waals surface area contributed by atoms with Crippen molar-refractivity contribution in [2.45, 2.75) is 181 Å². The van der Waals surface area contributed by atoms with Gasteiger partial charge in [-0.2, -0.15) is 0 Å². The summed E-state index contributed by atoms with van der Waals surface area (Å²) in [5.41, 5.74) is 16.9. The van der Waals surface area contributed by atoms with Crippen molar-refractivity contribution in [2.75, 3.05) is 21.1 Å². The molecule has 12 rings (SSSR count). The number of phenolic OH excluding ortho intramolecular Hbond substituents is 2. The quantitative estimate of drug-likeness (QED) is 0.0309. The smallest absolute Gasteiger partial charge is 0.313 e. The van der Waals surface area contributed by atoms with Gasteiger partial charge in [0, 0.05) is 74.7 Å². The molecule has 0 unspecified atom stereocenters. The van der Waals surface area contributed by atoms with E-state index in [1.807, 2.05) is 237 Å². The standard InChI is InChI=1S/C41H45NO4.C33H39NO5.C27H27NO3/c1-29(2)37-26-38(30(3)24-39(37)45-28-32-14-7-5-8-15-32)40(43)42(4)27-33-17-13-16-31(25-33)22-23-36(34-18-9-6-10-19-34)41(44)46-35-20-11-12-21-35;1-22(2)28-19-29(31(36)20-30(28)35)32(37)34(3)21-24-11-9-10-23(18-24)16-17-27(25-12-5-4-6-13-25)33(38)39-26-14-7-8-15-26;1-19(2)24-15-25(20(3)13-26(24)31-18-21-9-6-5-7-10-21)27(30)28(4)16-22-11-8-12-23(14-22)17-29/h5-10,13-19,24-26,35-36H,1,11-12,20-23,27-28H2,2-4H3;4-6,9-13,18-20,22,26-27,35-36H,7-8,14-17,21H2,1-3H3;5-15,17H,1,16,18H2,2-4H3/t36-;27-;/m00./s1. The maximum absolute atomic E-state index is 13.7. The molecule has 15 heteroatoms. The number of carbonyl (C=O) groups is 6. The number of nitrogens with zero attached hydrogens (tertiary/aromatic N) is 3. The minimum absolute atomic E-state index is 0.00861. The minimum atomic E-state index is -0.327. The average molecular weight is 1560 g/mol. The number of phenols is 2. The highest BCUT2D eigenvalue weighted by Crippen LogP contribution is 2.37. The monoisotopic (exact) mass is 1560 g/mol. The molecule has 2 saturated carbocycles. The topological polar surface area (TPSA) is 190 Å². The van der Waals surface area contributed by atoms with E-state index in [0.29, 0.717) is 80.1 Å². The van der Waals surface area contributed by atoms with Crippen LogP contribution in [0, 0.1) is 13.8 Å². The lowest BCUT2D eigenvalue weighted by Crippen LogP contribution is -2.27. The molecule has 0 spiro atoms. The van der Waals surface area contributed by atoms with Gasteiger partial charge < -0.3 is 43.9 Å². The summed E-state index contributed by atoms with van der Waals surface area (Å²) in [5, 5.41) is 20.5. The van der Waals surface area contributed by atoms with Crippen molar-refractivity contribution < 1.29 is 57.9 Å². The highest BCUT2D eigenvalue weighted by molar-refractivity contribution is 5.99. The summed E-state index contributed by atoms with van der Waals surface area (Å²) >= 11 is 0. The molecule has 3 amide bonds. The largest absolute Gasteiger partial charge is 0.508 e. The van der Waals surface area contributed by atoms with Gasteiger partial charge in [0.1, 0.15) is 54.7 Å². The fourth-order valence-electron chi connectivity index (χ4n) is 15.0. The summed E-state index contributed by atoms with van der Waals surface area (Å²) in [4.78, 5) is 82.5. The second kappa shape index (κ2) is 42.3. The summed E-state index contributed by atoms with van der Waals surface area (Å²) in [6.45, 7) is 21.9. The van der Waals surface area contributed by atoms with E-state index >= 15 is 0 Å². The molecule has 2 atom stereocenters. The molecule has 2 aliphatic carbocycles. The second-order valence-corrected chi connectivity index (χ2v) is 31.2. The molecule has 10 aromatic rings. The molecule has 0 radical (unpaired) electrons. The lowest BCUT2D eigenvalue weighted by molar-refractivity contribution is -0.151. The predicted molar refractivity (Wildman–Crippen MR) is 461 cm³/mol. The average Bonchev–Trinajstić information content (AvgIpc) is 1.15. The second-order valence-electron chi connectivity index (χ2n) is 31.2. The SMILES string of the molecule is C=C(C)c1cc(C(=O)N(C)Cc2cccc(C=O)c2)c(C)cc1OCc1ccccc1.C=C(C)c1cc(C(=O)N(C)Cc2cccc(CC[C@H](C(=O)OC3CCCC3)c3ccccc3)c2)c(C)cc1OCc1ccccc1.CC(C)c1cc(C(=O)N(C)Cc2cccc(CC[C@H](C(=O)OC3CCCC3)c3ccccc3)c2)c(O)cc1O. The molecule has 15 nitrogen and oxygen atoms in total. The fourth-order valence-corrected chi connectivity index (χ4v) is 15.0. The molecular weight excluding hydrogens is 1450 g/mol. The number of esters is 2. The Morgan fingerprint density at radius 2 is 0.776 bits per heavy atom. The first kappa shape index (κ1) is 86.3. The molecule has 602 valence electrons. The number of carbonyl (C=O) groups excluding carboxylic acids is 6. The van der Waals surface area contributed by atoms with E-state index in [-0.39, 0.29) is 76.7 Å². The van der Waals surface area contributed by atoms with Gasteiger partial charge in [-0.3, -0.25) is 28.8 Å². The molecule has 116 heavy (non-hydrogen) atoms. The molecule has 2 fully saturated rings. The van der Waals surface area contributed by atoms with Gasteiger partial charge in [0.15, 0.2) is 0 Å². The molecular formula is C101H111N3O12. The van der Waals surface area contributed by atoms with Crippen LogP contribution in [-0.2, 0) is 64.8 Å². The summed E-state index contributed by atoms with van der Waals surface area (Å²) in [6.07, 6.45) is 11.9. The Hall–Kier alpha value is -12.1. The van der Waals surface area contributed by atoms with Crippen LogP contribution in [0.2, 0.25) is 0 Å². The predicted octanol–water partition coefficient (Wildman–Crippen LogP) is 21.5. The third-order valence-corrected chi connectivity index (χ3v) is 21.5. The van der Waals surface area contributed by atoms with Crippen LogP contribution in [0.1, 0.15) is 229 Å². The van der Waals surface area contributed by atoms with Crippen molar-refractivity contribution >= 4 is 47.1 Å². The highest BCUT2D eigenvalue weighted by atomic mass is 16.5. The van der Waals surface area contributed by atoms with Gasteiger partial charge in [-0.05, 0) is 225 Å². The van der Waals surface area contributed by atoms with E-state index in [0.717, 1.165) is 153 Å². The summed E-state index contributed by atoms with van der Waals surface area (Å²) < 4.78 is 24.1. The lowest BCUT2D eigenvalue weighted by Gasteiger charge is -2.21. The van der Waals surface area contributed by atoms with E-state index in [1.165, 1.54) is 6.07 Å². The van der Waals surface area contributed by atoms with Gasteiger partial charge >= 0.3 is 11.9 Å². The lowest BCUT2D eigenvalue weighted by atomic mass is 9.92. The number of benzene rings is 10. The van der Waals surface area contributed by atoms with Gasteiger partial charge in [-0.1, -0.05) is 215 Å². The maximum atomic E-state index is 13.7. The van der Waals surface area contributed by atoms with Crippen molar-refractivity contribution in [3.05, 3.63) is 344 Å². The zero-order valence-electron chi connectivity index (χ0n) is 68.7. The Morgan fingerprint density at radius 3 is 1.16 bits per heavy atom. The van der Waals surface area contributed by atoms with Crippen molar-refractivity contribution in [3.8, 4) is 23.0 Å². The number of aryl methyl sites for hydroxylation is 4. The number of hydrogen-bond donors (Lipinski definition) is 2. The summed E-state index contributed by atoms with van der Waals surface area (Å²) in [5.74, 6) is -0.183. The number of rotatable bonds is 31. The van der Waals surface area contributed by atoms with Crippen LogP contribution in [0.4, 0.5) is 0 Å². The maximum Gasteiger partial charge on any atom is 0.313 e. The number of allylic oxidation sites excluding steroid dienone is 2. The van der Waals surface area contributed by atoms with Gasteiger partial charge in [0.25, 0.3) is 17.7 Å². The zero-order chi connectivity index (χ0) is 82.8. The molecule has 0 bridgehead atoms. The van der Waals surface area contributed by atoms with Crippen LogP contribution >= 0.6 is 0 Å². The Bertz CT molecular complexity index is 5010. The first-order valence-corrected chi connectivity index (χ1v) is 40.4.